The molecule has 0 saturated carbocycles. The van der Waals surface area contributed by atoms with Crippen LogP contribution in [-0.4, -0.2) is 30.3 Å². The van der Waals surface area contributed by atoms with E-state index in [0.29, 0.717) is 24.7 Å². The smallest absolute Gasteiger partial charge is 0.320 e. The van der Waals surface area contributed by atoms with E-state index in [9.17, 15) is 4.79 Å². The maximum Gasteiger partial charge on any atom is 0.320 e. The van der Waals surface area contributed by atoms with Crippen molar-refractivity contribution < 1.29 is 19.4 Å². The minimum atomic E-state index is -1.02. The fourth-order valence-electron chi connectivity index (χ4n) is 1.86. The van der Waals surface area contributed by atoms with Crippen LogP contribution in [-0.2, 0) is 11.2 Å². The molecule has 3 N–H and O–H groups in total. The molecule has 1 aromatic carbocycles. The van der Waals surface area contributed by atoms with Gasteiger partial charge >= 0.3 is 5.97 Å². The Balaban J connectivity index is 2.38. The largest absolute Gasteiger partial charge is 0.486 e. The highest BCUT2D eigenvalue weighted by molar-refractivity contribution is 9.10. The highest BCUT2D eigenvalue weighted by atomic mass is 79.9. The van der Waals surface area contributed by atoms with Crippen LogP contribution in [0.1, 0.15) is 11.1 Å². The van der Waals surface area contributed by atoms with Crippen LogP contribution < -0.4 is 15.2 Å². The third-order valence-electron chi connectivity index (χ3n) is 2.84. The summed E-state index contributed by atoms with van der Waals surface area (Å²) in [6.45, 7) is 2.90. The van der Waals surface area contributed by atoms with Crippen molar-refractivity contribution in [3.8, 4) is 11.5 Å². The second kappa shape index (κ2) is 5.16. The molecule has 0 bridgehead atoms. The van der Waals surface area contributed by atoms with Crippen LogP contribution in [0.3, 0.4) is 0 Å². The molecule has 0 saturated heterocycles. The molecule has 0 fully saturated rings. The molecule has 1 aromatic rings. The zero-order valence-electron chi connectivity index (χ0n) is 9.90. The van der Waals surface area contributed by atoms with Crippen molar-refractivity contribution in [1.29, 1.82) is 0 Å². The Morgan fingerprint density at radius 2 is 2.22 bits per heavy atom. The first-order chi connectivity index (χ1) is 8.50. The van der Waals surface area contributed by atoms with E-state index in [1.807, 2.05) is 13.0 Å². The molecule has 2 rings (SSSR count). The van der Waals surface area contributed by atoms with Gasteiger partial charge in [0.2, 0.25) is 0 Å². The van der Waals surface area contributed by atoms with Gasteiger partial charge in [0.15, 0.2) is 11.5 Å². The molecular weight excluding hydrogens is 302 g/mol. The van der Waals surface area contributed by atoms with Crippen LogP contribution in [0.25, 0.3) is 0 Å². The monoisotopic (exact) mass is 315 g/mol. The molecule has 0 radical (unpaired) electrons. The van der Waals surface area contributed by atoms with Gasteiger partial charge in [0.05, 0.1) is 4.47 Å². The van der Waals surface area contributed by atoms with E-state index in [4.69, 9.17) is 20.3 Å². The molecule has 1 aliphatic rings. The van der Waals surface area contributed by atoms with E-state index >= 15 is 0 Å². The summed E-state index contributed by atoms with van der Waals surface area (Å²) in [6.07, 6.45) is 0.248. The van der Waals surface area contributed by atoms with E-state index in [0.717, 1.165) is 15.6 Å². The van der Waals surface area contributed by atoms with Crippen LogP contribution in [0.5, 0.6) is 11.5 Å². The highest BCUT2D eigenvalue weighted by Crippen LogP contribution is 2.41. The molecule has 6 heteroatoms. The van der Waals surface area contributed by atoms with Gasteiger partial charge in [-0.05, 0) is 46.5 Å². The van der Waals surface area contributed by atoms with Gasteiger partial charge in [-0.1, -0.05) is 0 Å². The van der Waals surface area contributed by atoms with Crippen molar-refractivity contribution in [1.82, 2.24) is 0 Å². The number of halogens is 1. The number of aryl methyl sites for hydroxylation is 1. The Bertz CT molecular complexity index is 489. The molecule has 18 heavy (non-hydrogen) atoms. The Morgan fingerprint density at radius 3 is 2.89 bits per heavy atom. The van der Waals surface area contributed by atoms with Gasteiger partial charge in [-0.2, -0.15) is 0 Å². The summed E-state index contributed by atoms with van der Waals surface area (Å²) in [6, 6.07) is 0.922. The maximum absolute atomic E-state index is 10.8. The number of benzene rings is 1. The average Bonchev–Trinajstić information content (AvgIpc) is 2.34. The SMILES string of the molecule is Cc1cc2c(c(Br)c1CC(N)C(=O)O)OCCO2. The van der Waals surface area contributed by atoms with Crippen molar-refractivity contribution in [2.75, 3.05) is 13.2 Å². The first-order valence-electron chi connectivity index (χ1n) is 5.56. The molecule has 1 atom stereocenters. The maximum atomic E-state index is 10.8. The minimum absolute atomic E-state index is 0.248. The number of hydrogen-bond acceptors (Lipinski definition) is 4. The Labute approximate surface area is 113 Å². The van der Waals surface area contributed by atoms with Gasteiger partial charge in [-0.15, -0.1) is 0 Å². The zero-order valence-corrected chi connectivity index (χ0v) is 11.5. The number of carbonyl (C=O) groups is 1. The normalized spacial score (nSPS) is 15.3. The molecule has 0 aromatic heterocycles. The van der Waals surface area contributed by atoms with Crippen LogP contribution in [0.15, 0.2) is 10.5 Å². The van der Waals surface area contributed by atoms with Crippen LogP contribution >= 0.6 is 15.9 Å². The fraction of sp³-hybridized carbons (Fsp3) is 0.417. The van der Waals surface area contributed by atoms with E-state index in [1.54, 1.807) is 0 Å². The third kappa shape index (κ3) is 2.44. The number of carboxylic acids is 1. The lowest BCUT2D eigenvalue weighted by Gasteiger charge is -2.23. The predicted octanol–water partition coefficient (Wildman–Crippen LogP) is 1.48. The van der Waals surface area contributed by atoms with Crippen molar-refractivity contribution in [2.45, 2.75) is 19.4 Å². The number of aliphatic carboxylic acids is 1. The van der Waals surface area contributed by atoms with Crippen LogP contribution in [0.4, 0.5) is 0 Å². The molecule has 0 spiro atoms. The summed E-state index contributed by atoms with van der Waals surface area (Å²) >= 11 is 3.44. The lowest BCUT2D eigenvalue weighted by Crippen LogP contribution is -2.32. The standard InChI is InChI=1S/C12H14BrNO4/c1-6-4-9-11(18-3-2-17-9)10(13)7(6)5-8(14)12(15)16/h4,8H,2-3,5,14H2,1H3,(H,15,16). The first-order valence-corrected chi connectivity index (χ1v) is 6.36. The number of nitrogens with two attached hydrogens (primary N) is 1. The summed E-state index contributed by atoms with van der Waals surface area (Å²) in [5.74, 6) is 0.286. The van der Waals surface area contributed by atoms with Crippen molar-refractivity contribution in [2.24, 2.45) is 5.73 Å². The number of carboxylic acid groups (broad SMARTS) is 1. The molecule has 98 valence electrons. The van der Waals surface area contributed by atoms with Gasteiger partial charge in [0, 0.05) is 0 Å². The summed E-state index contributed by atoms with van der Waals surface area (Å²) in [4.78, 5) is 10.8. The zero-order chi connectivity index (χ0) is 13.3. The molecule has 0 aliphatic carbocycles. The van der Waals surface area contributed by atoms with Gasteiger partial charge in [-0.3, -0.25) is 4.79 Å². The Hall–Kier alpha value is -1.27. The Kier molecular flexibility index (Phi) is 3.77. The summed E-state index contributed by atoms with van der Waals surface area (Å²) < 4.78 is 11.8. The average molecular weight is 316 g/mol. The second-order valence-corrected chi connectivity index (χ2v) is 4.95. The second-order valence-electron chi connectivity index (χ2n) is 4.16. The van der Waals surface area contributed by atoms with E-state index in [1.165, 1.54) is 0 Å². The summed E-state index contributed by atoms with van der Waals surface area (Å²) in [5, 5.41) is 8.87. The summed E-state index contributed by atoms with van der Waals surface area (Å²) in [5.41, 5.74) is 7.34. The van der Waals surface area contributed by atoms with Crippen LogP contribution in [0.2, 0.25) is 0 Å². The first kappa shape index (κ1) is 13.2. The molecule has 1 aliphatic heterocycles. The lowest BCUT2D eigenvalue weighted by molar-refractivity contribution is -0.138. The quantitative estimate of drug-likeness (QED) is 0.883. The van der Waals surface area contributed by atoms with Crippen molar-refractivity contribution in [3.63, 3.8) is 0 Å². The van der Waals surface area contributed by atoms with E-state index in [-0.39, 0.29) is 6.42 Å². The number of hydrogen-bond donors (Lipinski definition) is 2. The molecule has 5 nitrogen and oxygen atoms in total. The Morgan fingerprint density at radius 1 is 1.56 bits per heavy atom. The van der Waals surface area contributed by atoms with E-state index in [2.05, 4.69) is 15.9 Å². The number of ether oxygens (including phenoxy) is 2. The molecule has 1 heterocycles. The predicted molar refractivity (Wildman–Crippen MR) is 69.2 cm³/mol. The van der Waals surface area contributed by atoms with Gasteiger partial charge in [-0.25, -0.2) is 0 Å². The molecule has 0 amide bonds. The van der Waals surface area contributed by atoms with Gasteiger partial charge < -0.3 is 20.3 Å². The third-order valence-corrected chi connectivity index (χ3v) is 3.68. The van der Waals surface area contributed by atoms with Gasteiger partial charge in [0.1, 0.15) is 19.3 Å². The summed E-state index contributed by atoms with van der Waals surface area (Å²) in [7, 11) is 0. The highest BCUT2D eigenvalue weighted by Gasteiger charge is 2.22. The van der Waals surface area contributed by atoms with Crippen molar-refractivity contribution >= 4 is 21.9 Å². The number of fused-ring (bicyclic) bond motifs is 1. The van der Waals surface area contributed by atoms with Crippen LogP contribution in [0, 0.1) is 6.92 Å². The van der Waals surface area contributed by atoms with Crippen molar-refractivity contribution in [3.05, 3.63) is 21.7 Å². The topological polar surface area (TPSA) is 81.8 Å². The van der Waals surface area contributed by atoms with Gasteiger partial charge in [0.25, 0.3) is 0 Å². The lowest BCUT2D eigenvalue weighted by atomic mass is 10.0. The molecular formula is C12H14BrNO4. The minimum Gasteiger partial charge on any atom is -0.486 e. The van der Waals surface area contributed by atoms with E-state index < -0.39 is 12.0 Å². The fourth-order valence-corrected chi connectivity index (χ4v) is 2.65. The number of rotatable bonds is 3. The molecule has 1 unspecified atom stereocenters.